The van der Waals surface area contributed by atoms with Gasteiger partial charge in [-0.25, -0.2) is 4.98 Å². The fourth-order valence-corrected chi connectivity index (χ4v) is 2.00. The lowest BCUT2D eigenvalue weighted by Crippen LogP contribution is -1.84. The molecule has 3 rings (SSSR count). The smallest absolute Gasteiger partial charge is 0.293 e. The molecule has 1 N–H and O–H groups in total. The largest absolute Gasteiger partial charge is 0.468 e. The lowest BCUT2D eigenvalue weighted by Gasteiger charge is -2.03. The molecule has 3 aromatic rings. The molecule has 0 bridgehead atoms. The third-order valence-corrected chi connectivity index (χ3v) is 2.83. The molecule has 1 aromatic heterocycles. The highest BCUT2D eigenvalue weighted by Crippen LogP contribution is 2.27. The van der Waals surface area contributed by atoms with Crippen LogP contribution >= 0.6 is 0 Å². The van der Waals surface area contributed by atoms with Crippen molar-refractivity contribution >= 4 is 10.8 Å². The van der Waals surface area contributed by atoms with E-state index in [1.165, 1.54) is 10.8 Å². The van der Waals surface area contributed by atoms with Crippen LogP contribution in [0.2, 0.25) is 0 Å². The SMILES string of the molecule is COc1ncc(-c2cccc3ccccc23)[nH]1. The van der Waals surface area contributed by atoms with Crippen molar-refractivity contribution in [3.05, 3.63) is 48.7 Å². The van der Waals surface area contributed by atoms with Crippen LogP contribution in [0.25, 0.3) is 22.0 Å². The van der Waals surface area contributed by atoms with Crippen LogP contribution in [-0.2, 0) is 0 Å². The topological polar surface area (TPSA) is 37.9 Å². The van der Waals surface area contributed by atoms with Crippen molar-refractivity contribution in [2.75, 3.05) is 7.11 Å². The van der Waals surface area contributed by atoms with Gasteiger partial charge in [-0.2, -0.15) is 0 Å². The lowest BCUT2D eigenvalue weighted by atomic mass is 10.0. The molecule has 0 saturated carbocycles. The molecule has 0 saturated heterocycles. The number of aromatic nitrogens is 2. The predicted molar refractivity (Wildman–Crippen MR) is 68.1 cm³/mol. The summed E-state index contributed by atoms with van der Waals surface area (Å²) >= 11 is 0. The number of nitrogens with one attached hydrogen (secondary N) is 1. The molecule has 0 fully saturated rings. The number of ether oxygens (including phenoxy) is 1. The van der Waals surface area contributed by atoms with Gasteiger partial charge >= 0.3 is 0 Å². The zero-order valence-corrected chi connectivity index (χ0v) is 9.47. The van der Waals surface area contributed by atoms with E-state index in [-0.39, 0.29) is 0 Å². The van der Waals surface area contributed by atoms with Crippen LogP contribution in [0, 0.1) is 0 Å². The molecule has 0 aliphatic rings. The van der Waals surface area contributed by atoms with E-state index in [9.17, 15) is 0 Å². The molecule has 0 atom stereocenters. The third kappa shape index (κ3) is 1.65. The van der Waals surface area contributed by atoms with Gasteiger partial charge in [0, 0.05) is 5.56 Å². The highest BCUT2D eigenvalue weighted by Gasteiger charge is 2.06. The number of fused-ring (bicyclic) bond motifs is 1. The Balaban J connectivity index is 2.23. The predicted octanol–water partition coefficient (Wildman–Crippen LogP) is 3.24. The van der Waals surface area contributed by atoms with Gasteiger partial charge in [0.2, 0.25) is 0 Å². The van der Waals surface area contributed by atoms with E-state index in [2.05, 4.69) is 34.2 Å². The Bertz CT molecular complexity index is 653. The number of aromatic amines is 1. The maximum Gasteiger partial charge on any atom is 0.293 e. The second-order valence-corrected chi connectivity index (χ2v) is 3.83. The summed E-state index contributed by atoms with van der Waals surface area (Å²) in [5, 5.41) is 2.43. The number of H-pyrrole nitrogens is 1. The first-order valence-electron chi connectivity index (χ1n) is 5.45. The number of hydrogen-bond donors (Lipinski definition) is 1. The second-order valence-electron chi connectivity index (χ2n) is 3.83. The molecular formula is C14H12N2O. The number of nitrogens with zero attached hydrogens (tertiary/aromatic N) is 1. The Morgan fingerprint density at radius 2 is 1.88 bits per heavy atom. The molecule has 2 aromatic carbocycles. The van der Waals surface area contributed by atoms with Crippen molar-refractivity contribution < 1.29 is 4.74 Å². The Morgan fingerprint density at radius 1 is 1.06 bits per heavy atom. The van der Waals surface area contributed by atoms with Crippen molar-refractivity contribution in [2.45, 2.75) is 0 Å². The first kappa shape index (κ1) is 9.90. The zero-order chi connectivity index (χ0) is 11.7. The molecule has 17 heavy (non-hydrogen) atoms. The van der Waals surface area contributed by atoms with Gasteiger partial charge in [-0.1, -0.05) is 42.5 Å². The molecule has 84 valence electrons. The number of benzene rings is 2. The van der Waals surface area contributed by atoms with Crippen molar-refractivity contribution in [1.29, 1.82) is 0 Å². The van der Waals surface area contributed by atoms with Crippen molar-refractivity contribution in [3.63, 3.8) is 0 Å². The normalized spacial score (nSPS) is 10.6. The van der Waals surface area contributed by atoms with E-state index < -0.39 is 0 Å². The number of hydrogen-bond acceptors (Lipinski definition) is 2. The second kappa shape index (κ2) is 3.94. The van der Waals surface area contributed by atoms with Crippen molar-refractivity contribution in [2.24, 2.45) is 0 Å². The van der Waals surface area contributed by atoms with Gasteiger partial charge in [0.05, 0.1) is 19.0 Å². The maximum atomic E-state index is 5.06. The standard InChI is InChI=1S/C14H12N2O/c1-17-14-15-9-13(16-14)12-8-4-6-10-5-2-3-7-11(10)12/h2-9H,1H3,(H,15,16). The molecule has 0 unspecified atom stereocenters. The molecule has 0 radical (unpaired) electrons. The van der Waals surface area contributed by atoms with Crippen LogP contribution in [0.15, 0.2) is 48.7 Å². The highest BCUT2D eigenvalue weighted by molar-refractivity contribution is 5.95. The molecular weight excluding hydrogens is 212 g/mol. The Morgan fingerprint density at radius 3 is 2.71 bits per heavy atom. The molecule has 0 spiro atoms. The number of methoxy groups -OCH3 is 1. The highest BCUT2D eigenvalue weighted by atomic mass is 16.5. The Hall–Kier alpha value is -2.29. The van der Waals surface area contributed by atoms with E-state index >= 15 is 0 Å². The van der Waals surface area contributed by atoms with E-state index in [1.807, 2.05) is 18.2 Å². The minimum absolute atomic E-state index is 0.535. The summed E-state index contributed by atoms with van der Waals surface area (Å²) in [7, 11) is 1.60. The first-order valence-corrected chi connectivity index (χ1v) is 5.45. The number of imidazole rings is 1. The van der Waals surface area contributed by atoms with Gasteiger partial charge in [0.15, 0.2) is 0 Å². The fraction of sp³-hybridized carbons (Fsp3) is 0.0714. The van der Waals surface area contributed by atoms with Gasteiger partial charge in [0.25, 0.3) is 6.01 Å². The quantitative estimate of drug-likeness (QED) is 0.725. The summed E-state index contributed by atoms with van der Waals surface area (Å²) in [4.78, 5) is 7.28. The number of rotatable bonds is 2. The van der Waals surface area contributed by atoms with Crippen LogP contribution in [-0.4, -0.2) is 17.1 Å². The van der Waals surface area contributed by atoms with Gasteiger partial charge in [-0.3, -0.25) is 0 Å². The van der Waals surface area contributed by atoms with Gasteiger partial charge in [-0.15, -0.1) is 0 Å². The van der Waals surface area contributed by atoms with Gasteiger partial charge in [-0.05, 0) is 10.8 Å². The average molecular weight is 224 g/mol. The first-order chi connectivity index (χ1) is 8.38. The summed E-state index contributed by atoms with van der Waals surface area (Å²) < 4.78 is 5.06. The van der Waals surface area contributed by atoms with Crippen LogP contribution in [0.1, 0.15) is 0 Å². The van der Waals surface area contributed by atoms with E-state index in [0.717, 1.165) is 11.3 Å². The third-order valence-electron chi connectivity index (χ3n) is 2.83. The molecule has 0 aliphatic heterocycles. The molecule has 3 heteroatoms. The summed E-state index contributed by atoms with van der Waals surface area (Å²) in [5.74, 6) is 0. The molecule has 0 aliphatic carbocycles. The summed E-state index contributed by atoms with van der Waals surface area (Å²) in [5.41, 5.74) is 2.11. The molecule has 3 nitrogen and oxygen atoms in total. The van der Waals surface area contributed by atoms with Gasteiger partial charge < -0.3 is 9.72 Å². The summed E-state index contributed by atoms with van der Waals surface area (Å²) in [6.45, 7) is 0. The lowest BCUT2D eigenvalue weighted by molar-refractivity contribution is 0.384. The minimum Gasteiger partial charge on any atom is -0.468 e. The molecule has 1 heterocycles. The Labute approximate surface area is 99.1 Å². The van der Waals surface area contributed by atoms with Crippen LogP contribution in [0.5, 0.6) is 6.01 Å². The van der Waals surface area contributed by atoms with Crippen molar-refractivity contribution in [3.8, 4) is 17.3 Å². The van der Waals surface area contributed by atoms with Crippen molar-refractivity contribution in [1.82, 2.24) is 9.97 Å². The zero-order valence-electron chi connectivity index (χ0n) is 9.47. The summed E-state index contributed by atoms with van der Waals surface area (Å²) in [6.07, 6.45) is 1.79. The van der Waals surface area contributed by atoms with E-state index in [4.69, 9.17) is 4.74 Å². The average Bonchev–Trinajstić information content (AvgIpc) is 2.87. The minimum atomic E-state index is 0.535. The molecule has 0 amide bonds. The fourth-order valence-electron chi connectivity index (χ4n) is 2.00. The van der Waals surface area contributed by atoms with Crippen LogP contribution in [0.4, 0.5) is 0 Å². The van der Waals surface area contributed by atoms with Crippen LogP contribution in [0.3, 0.4) is 0 Å². The van der Waals surface area contributed by atoms with E-state index in [1.54, 1.807) is 13.3 Å². The summed E-state index contributed by atoms with van der Waals surface area (Å²) in [6, 6.07) is 15.1. The maximum absolute atomic E-state index is 5.06. The van der Waals surface area contributed by atoms with Gasteiger partial charge in [0.1, 0.15) is 0 Å². The van der Waals surface area contributed by atoms with Crippen LogP contribution < -0.4 is 4.74 Å². The Kier molecular flexibility index (Phi) is 2.29. The monoisotopic (exact) mass is 224 g/mol. The van der Waals surface area contributed by atoms with E-state index in [0.29, 0.717) is 6.01 Å².